The molecule has 2 aliphatic carbocycles. The smallest absolute Gasteiger partial charge is 0.408 e. The maximum atomic E-state index is 13.8. The highest BCUT2D eigenvalue weighted by atomic mass is 16.6. The first kappa shape index (κ1) is 37.3. The summed E-state index contributed by atoms with van der Waals surface area (Å²) in [6.45, 7) is 12.0. The summed E-state index contributed by atoms with van der Waals surface area (Å²) in [6, 6.07) is 11.2. The van der Waals surface area contributed by atoms with Crippen LogP contribution in [0.15, 0.2) is 36.4 Å². The van der Waals surface area contributed by atoms with Gasteiger partial charge in [-0.25, -0.2) is 19.6 Å². The van der Waals surface area contributed by atoms with Gasteiger partial charge in [0.15, 0.2) is 0 Å². The molecule has 2 saturated carbocycles. The van der Waals surface area contributed by atoms with Gasteiger partial charge in [-0.05, 0) is 129 Å². The predicted octanol–water partition coefficient (Wildman–Crippen LogP) is 6.28. The van der Waals surface area contributed by atoms with E-state index in [1.54, 1.807) is 41.5 Å². The van der Waals surface area contributed by atoms with Crippen molar-refractivity contribution in [2.45, 2.75) is 127 Å². The molecule has 2 aliphatic heterocycles. The molecule has 14 heteroatoms. The zero-order valence-electron chi connectivity index (χ0n) is 32.9. The third-order valence-electron chi connectivity index (χ3n) is 10.8. The Kier molecular flexibility index (Phi) is 9.05. The molecule has 2 aromatic carbocycles. The van der Waals surface area contributed by atoms with Crippen LogP contribution in [0.5, 0.6) is 0 Å². The molecule has 0 radical (unpaired) electrons. The normalized spacial score (nSPS) is 21.0. The van der Waals surface area contributed by atoms with E-state index in [9.17, 15) is 19.2 Å². The molecule has 0 spiro atoms. The number of amides is 4. The van der Waals surface area contributed by atoms with Gasteiger partial charge in [-0.3, -0.25) is 9.59 Å². The first-order valence-corrected chi connectivity index (χ1v) is 19.7. The molecule has 4 N–H and O–H groups in total. The summed E-state index contributed by atoms with van der Waals surface area (Å²) in [7, 11) is 0. The molecule has 4 amide bonds. The number of alkyl carbamates (subject to hydrolysis) is 2. The summed E-state index contributed by atoms with van der Waals surface area (Å²) in [5, 5.41) is 5.70. The quantitative estimate of drug-likeness (QED) is 0.166. The Bertz CT molecular complexity index is 2140. The number of hydrogen-bond acceptors (Lipinski definition) is 8. The molecular formula is C42H50N8O6. The zero-order chi connectivity index (χ0) is 39.6. The molecule has 4 fully saturated rings. The van der Waals surface area contributed by atoms with Crippen molar-refractivity contribution in [1.29, 1.82) is 0 Å². The second kappa shape index (κ2) is 13.6. The molecule has 14 nitrogen and oxygen atoms in total. The van der Waals surface area contributed by atoms with Gasteiger partial charge >= 0.3 is 12.2 Å². The van der Waals surface area contributed by atoms with E-state index < -0.39 is 34.5 Å². The van der Waals surface area contributed by atoms with Crippen molar-refractivity contribution in [3.63, 3.8) is 0 Å². The van der Waals surface area contributed by atoms with Gasteiger partial charge in [0, 0.05) is 24.2 Å². The molecular weight excluding hydrogens is 713 g/mol. The minimum absolute atomic E-state index is 0.0903. The lowest BCUT2D eigenvalue weighted by Crippen LogP contribution is -2.51. The highest BCUT2D eigenvalue weighted by Crippen LogP contribution is 2.43. The lowest BCUT2D eigenvalue weighted by atomic mass is 10.1. The number of nitrogens with zero attached hydrogens (tertiary/aromatic N) is 4. The van der Waals surface area contributed by atoms with Crippen molar-refractivity contribution in [3.8, 4) is 11.8 Å². The fraction of sp³-hybridized carbons (Fsp3) is 0.524. The van der Waals surface area contributed by atoms with Crippen molar-refractivity contribution >= 4 is 46.1 Å². The number of aromatic nitrogens is 4. The van der Waals surface area contributed by atoms with Crippen LogP contribution in [0.4, 0.5) is 9.59 Å². The van der Waals surface area contributed by atoms with E-state index in [2.05, 4.69) is 32.4 Å². The molecule has 294 valence electrons. The lowest BCUT2D eigenvalue weighted by molar-refractivity contribution is -0.136. The van der Waals surface area contributed by atoms with E-state index in [0.29, 0.717) is 38.8 Å². The van der Waals surface area contributed by atoms with E-state index in [4.69, 9.17) is 19.4 Å². The van der Waals surface area contributed by atoms with E-state index in [1.165, 1.54) is 0 Å². The largest absolute Gasteiger partial charge is 0.444 e. The number of benzene rings is 2. The predicted molar refractivity (Wildman–Crippen MR) is 208 cm³/mol. The number of hydrogen-bond donors (Lipinski definition) is 4. The lowest BCUT2D eigenvalue weighted by Gasteiger charge is -2.29. The Hall–Kier alpha value is -5.58. The Morgan fingerprint density at radius 2 is 1.07 bits per heavy atom. The van der Waals surface area contributed by atoms with Crippen LogP contribution >= 0.6 is 0 Å². The first-order chi connectivity index (χ1) is 26.5. The van der Waals surface area contributed by atoms with Crippen molar-refractivity contribution in [1.82, 2.24) is 40.4 Å². The number of aromatic amines is 2. The van der Waals surface area contributed by atoms with Gasteiger partial charge in [-0.1, -0.05) is 11.8 Å². The van der Waals surface area contributed by atoms with E-state index in [0.717, 1.165) is 70.5 Å². The summed E-state index contributed by atoms with van der Waals surface area (Å²) >= 11 is 0. The van der Waals surface area contributed by atoms with Crippen LogP contribution in [0.1, 0.15) is 128 Å². The van der Waals surface area contributed by atoms with E-state index in [-0.39, 0.29) is 23.9 Å². The second-order valence-electron chi connectivity index (χ2n) is 17.7. The molecule has 4 aromatic rings. The second-order valence-corrected chi connectivity index (χ2v) is 17.7. The molecule has 2 saturated heterocycles. The molecule has 2 atom stereocenters. The molecule has 8 rings (SSSR count). The third-order valence-corrected chi connectivity index (χ3v) is 10.8. The van der Waals surface area contributed by atoms with Gasteiger partial charge in [0.05, 0.1) is 34.2 Å². The number of rotatable bonds is 6. The van der Waals surface area contributed by atoms with Gasteiger partial charge in [-0.2, -0.15) is 0 Å². The van der Waals surface area contributed by atoms with Crippen LogP contribution < -0.4 is 10.6 Å². The topological polar surface area (TPSA) is 175 Å². The standard InChI is InChI=1S/C42H50N8O6/c1-39(2,3)55-37(53)47-41(17-18-41)35(51)49-21-7-9-31(49)33-43-27-15-13-25(23-29(27)45-33)11-12-26-14-16-28-30(24-26)46-34(44-28)32-10-8-22-50(32)36(52)42(19-20-42)48-38(54)56-40(4,5)6/h13-16,23-24,31-32H,7-10,17-22H2,1-6H3,(H,43,45)(H,44,46)(H,47,53)(H,48,54)/t31-,32?/m0/s1. The van der Waals surface area contributed by atoms with Crippen molar-refractivity contribution in [2.75, 3.05) is 13.1 Å². The van der Waals surface area contributed by atoms with Crippen molar-refractivity contribution in [2.24, 2.45) is 0 Å². The minimum Gasteiger partial charge on any atom is -0.444 e. The summed E-state index contributed by atoms with van der Waals surface area (Å²) in [6.07, 6.45) is 4.44. The number of carbonyl (C=O) groups excluding carboxylic acids is 4. The maximum absolute atomic E-state index is 13.8. The Labute approximate surface area is 325 Å². The van der Waals surface area contributed by atoms with Gasteiger partial charge in [0.1, 0.15) is 33.9 Å². The third kappa shape index (κ3) is 7.63. The van der Waals surface area contributed by atoms with Crippen molar-refractivity contribution in [3.05, 3.63) is 59.2 Å². The number of fused-ring (bicyclic) bond motifs is 2. The number of carbonyl (C=O) groups is 4. The molecule has 2 aromatic heterocycles. The van der Waals surface area contributed by atoms with Crippen LogP contribution in [-0.4, -0.2) is 89.1 Å². The number of ether oxygens (including phenoxy) is 2. The van der Waals surface area contributed by atoms with Gasteiger partial charge in [-0.15, -0.1) is 0 Å². The highest BCUT2D eigenvalue weighted by Gasteiger charge is 2.56. The number of H-pyrrole nitrogens is 2. The molecule has 4 heterocycles. The fourth-order valence-corrected chi connectivity index (χ4v) is 7.84. The van der Waals surface area contributed by atoms with Crippen molar-refractivity contribution < 1.29 is 28.7 Å². The van der Waals surface area contributed by atoms with Gasteiger partial charge in [0.25, 0.3) is 0 Å². The van der Waals surface area contributed by atoms with Crippen LogP contribution in [0, 0.1) is 11.8 Å². The van der Waals surface area contributed by atoms with Gasteiger partial charge < -0.3 is 39.9 Å². The fourth-order valence-electron chi connectivity index (χ4n) is 7.84. The van der Waals surface area contributed by atoms with E-state index >= 15 is 0 Å². The number of nitrogens with one attached hydrogen (secondary N) is 4. The molecule has 0 bridgehead atoms. The average Bonchev–Trinajstić information content (AvgIpc) is 3.71. The van der Waals surface area contributed by atoms with Crippen LogP contribution in [-0.2, 0) is 19.1 Å². The molecule has 1 unspecified atom stereocenters. The number of likely N-dealkylation sites (tertiary alicyclic amines) is 2. The SMILES string of the molecule is CC(C)(C)OC(=O)NC1(C(=O)N2CCCC2c2nc3ccc(C#Cc4ccc5nc([C@@H]6CCCN6C(=O)C6(NC(=O)OC(C)(C)C)CC6)[nH]c5c4)cc3[nH]2)CC1. The number of imidazole rings is 2. The van der Waals surface area contributed by atoms with Gasteiger partial charge in [0.2, 0.25) is 11.8 Å². The highest BCUT2D eigenvalue weighted by molar-refractivity contribution is 5.94. The molecule has 56 heavy (non-hydrogen) atoms. The monoisotopic (exact) mass is 762 g/mol. The van der Waals surface area contributed by atoms with Crippen LogP contribution in [0.25, 0.3) is 22.1 Å². The summed E-state index contributed by atoms with van der Waals surface area (Å²) in [5.41, 5.74) is 1.72. The Balaban J connectivity index is 0.943. The van der Waals surface area contributed by atoms with E-state index in [1.807, 2.05) is 46.2 Å². The van der Waals surface area contributed by atoms with Crippen LogP contribution in [0.2, 0.25) is 0 Å². The Morgan fingerprint density at radius 3 is 1.43 bits per heavy atom. The summed E-state index contributed by atoms with van der Waals surface area (Å²) in [4.78, 5) is 72.9. The molecule has 4 aliphatic rings. The first-order valence-electron chi connectivity index (χ1n) is 19.7. The Morgan fingerprint density at radius 1 is 0.679 bits per heavy atom. The average molecular weight is 763 g/mol. The summed E-state index contributed by atoms with van der Waals surface area (Å²) < 4.78 is 10.9. The van der Waals surface area contributed by atoms with Crippen LogP contribution in [0.3, 0.4) is 0 Å². The minimum atomic E-state index is -0.919. The zero-order valence-corrected chi connectivity index (χ0v) is 32.9. The summed E-state index contributed by atoms with van der Waals surface area (Å²) in [5.74, 6) is 7.81. The maximum Gasteiger partial charge on any atom is 0.408 e.